The van der Waals surface area contributed by atoms with Gasteiger partial charge in [0.25, 0.3) is 0 Å². The lowest BCUT2D eigenvalue weighted by Gasteiger charge is -2.33. The fourth-order valence-electron chi connectivity index (χ4n) is 4.17. The smallest absolute Gasteiger partial charge is 0.0540 e. The van der Waals surface area contributed by atoms with Crippen molar-refractivity contribution in [3.63, 3.8) is 0 Å². The molecule has 0 rings (SSSR count). The number of rotatable bonds is 13. The van der Waals surface area contributed by atoms with Crippen LogP contribution in [0.3, 0.4) is 0 Å². The van der Waals surface area contributed by atoms with Crippen LogP contribution in [0.5, 0.6) is 0 Å². The summed E-state index contributed by atoms with van der Waals surface area (Å²) in [6.45, 7) is 21.2. The van der Waals surface area contributed by atoms with Crippen molar-refractivity contribution >= 4 is 0 Å². The Morgan fingerprint density at radius 2 is 1.25 bits per heavy atom. The number of aliphatic hydroxyl groups excluding tert-OH is 1. The third kappa shape index (κ3) is 8.37. The summed E-state index contributed by atoms with van der Waals surface area (Å²) in [4.78, 5) is 0. The molecule has 0 aromatic carbocycles. The summed E-state index contributed by atoms with van der Waals surface area (Å²) in [7, 11) is 0. The van der Waals surface area contributed by atoms with Gasteiger partial charge in [0.05, 0.1) is 6.10 Å². The van der Waals surface area contributed by atoms with Crippen molar-refractivity contribution in [1.82, 2.24) is 0 Å². The normalized spacial score (nSPS) is 21.1. The highest BCUT2D eigenvalue weighted by atomic mass is 16.3. The molecule has 0 aromatic heterocycles. The van der Waals surface area contributed by atoms with Crippen molar-refractivity contribution in [3.8, 4) is 0 Å². The second kappa shape index (κ2) is 12.3. The van der Waals surface area contributed by atoms with Gasteiger partial charge in [-0.05, 0) is 60.7 Å². The first-order valence-corrected chi connectivity index (χ1v) is 10.8. The van der Waals surface area contributed by atoms with Crippen LogP contribution in [-0.2, 0) is 0 Å². The summed E-state index contributed by atoms with van der Waals surface area (Å²) in [5.74, 6) is 5.41. The van der Waals surface area contributed by atoms with E-state index >= 15 is 0 Å². The summed E-state index contributed by atoms with van der Waals surface area (Å²) in [6.07, 6.45) is 7.12. The third-order valence-corrected chi connectivity index (χ3v) is 7.21. The van der Waals surface area contributed by atoms with E-state index in [4.69, 9.17) is 0 Å². The summed E-state index contributed by atoms with van der Waals surface area (Å²) >= 11 is 0. The number of aliphatic hydroxyl groups is 1. The second-order valence-electron chi connectivity index (χ2n) is 9.19. The van der Waals surface area contributed by atoms with Crippen molar-refractivity contribution < 1.29 is 5.11 Å². The Kier molecular flexibility index (Phi) is 12.3. The average molecular weight is 341 g/mol. The molecule has 7 atom stereocenters. The molecule has 0 amide bonds. The Balaban J connectivity index is 4.43. The summed E-state index contributed by atoms with van der Waals surface area (Å²) < 4.78 is 0. The van der Waals surface area contributed by atoms with Crippen molar-refractivity contribution in [2.75, 3.05) is 0 Å². The lowest BCUT2D eigenvalue weighted by molar-refractivity contribution is 0.114. The highest BCUT2D eigenvalue weighted by molar-refractivity contribution is 4.76. The first-order chi connectivity index (χ1) is 11.1. The molecule has 1 heteroatoms. The first-order valence-electron chi connectivity index (χ1n) is 10.8. The van der Waals surface area contributed by atoms with Gasteiger partial charge in [0.2, 0.25) is 0 Å². The molecule has 1 N–H and O–H groups in total. The van der Waals surface area contributed by atoms with E-state index < -0.39 is 0 Å². The van der Waals surface area contributed by atoms with Crippen molar-refractivity contribution in [3.05, 3.63) is 0 Å². The van der Waals surface area contributed by atoms with Gasteiger partial charge in [-0.1, -0.05) is 81.6 Å². The largest absolute Gasteiger partial charge is 0.393 e. The van der Waals surface area contributed by atoms with Gasteiger partial charge in [-0.3, -0.25) is 0 Å². The molecule has 0 saturated carbocycles. The van der Waals surface area contributed by atoms with Gasteiger partial charge >= 0.3 is 0 Å². The Hall–Kier alpha value is -0.0400. The van der Waals surface area contributed by atoms with Gasteiger partial charge in [0.1, 0.15) is 0 Å². The van der Waals surface area contributed by atoms with E-state index in [1.54, 1.807) is 0 Å². The molecule has 0 radical (unpaired) electrons. The van der Waals surface area contributed by atoms with E-state index in [2.05, 4.69) is 62.3 Å². The topological polar surface area (TPSA) is 20.2 Å². The number of hydrogen-bond donors (Lipinski definition) is 1. The molecular formula is C23H48O. The molecular weight excluding hydrogens is 292 g/mol. The molecule has 0 bridgehead atoms. The van der Waals surface area contributed by atoms with E-state index in [1.807, 2.05) is 0 Å². The highest BCUT2D eigenvalue weighted by Gasteiger charge is 2.26. The molecule has 0 spiro atoms. The maximum atomic E-state index is 9.91. The van der Waals surface area contributed by atoms with Gasteiger partial charge in [-0.15, -0.1) is 0 Å². The molecule has 0 aliphatic heterocycles. The van der Waals surface area contributed by atoms with Crippen LogP contribution in [0, 0.1) is 41.4 Å². The van der Waals surface area contributed by atoms with Crippen molar-refractivity contribution in [2.24, 2.45) is 41.4 Å². The summed E-state index contributed by atoms with van der Waals surface area (Å²) in [6, 6.07) is 0. The van der Waals surface area contributed by atoms with E-state index in [-0.39, 0.29) is 6.10 Å². The van der Waals surface area contributed by atoms with Crippen LogP contribution in [0.2, 0.25) is 0 Å². The van der Waals surface area contributed by atoms with E-state index in [0.29, 0.717) is 11.8 Å². The molecule has 0 heterocycles. The minimum absolute atomic E-state index is 0.115. The molecule has 0 aliphatic carbocycles. The second-order valence-corrected chi connectivity index (χ2v) is 9.19. The van der Waals surface area contributed by atoms with E-state index in [9.17, 15) is 5.11 Å². The molecule has 0 saturated heterocycles. The predicted octanol–water partition coefficient (Wildman–Crippen LogP) is 7.18. The minimum atomic E-state index is -0.115. The fourth-order valence-corrected chi connectivity index (χ4v) is 4.17. The molecule has 1 nitrogen and oxygen atoms in total. The quantitative estimate of drug-likeness (QED) is 0.376. The van der Waals surface area contributed by atoms with Gasteiger partial charge in [0, 0.05) is 0 Å². The van der Waals surface area contributed by atoms with Gasteiger partial charge < -0.3 is 5.11 Å². The molecule has 0 aliphatic rings. The Labute approximate surface area is 154 Å². The first kappa shape index (κ1) is 24.0. The average Bonchev–Trinajstić information content (AvgIpc) is 2.55. The van der Waals surface area contributed by atoms with Gasteiger partial charge in [-0.25, -0.2) is 0 Å². The monoisotopic (exact) mass is 340 g/mol. The maximum Gasteiger partial charge on any atom is 0.0540 e. The minimum Gasteiger partial charge on any atom is -0.393 e. The summed E-state index contributed by atoms with van der Waals surface area (Å²) in [5, 5.41) is 9.91. The zero-order valence-electron chi connectivity index (χ0n) is 18.3. The van der Waals surface area contributed by atoms with Crippen molar-refractivity contribution in [1.29, 1.82) is 0 Å². The standard InChI is InChI=1S/C23H48O/c1-10-17(5)23(20(8)16(3)4)14-12-13-18(6)21(9)19(7)15-22(24)11-2/h16-24H,10-15H2,1-9H3. The molecule has 146 valence electrons. The molecule has 24 heavy (non-hydrogen) atoms. The van der Waals surface area contributed by atoms with Crippen LogP contribution in [0.1, 0.15) is 101 Å². The van der Waals surface area contributed by atoms with Crippen LogP contribution < -0.4 is 0 Å². The lowest BCUT2D eigenvalue weighted by Crippen LogP contribution is -2.24. The number of hydrogen-bond acceptors (Lipinski definition) is 1. The van der Waals surface area contributed by atoms with E-state index in [0.717, 1.165) is 42.4 Å². The molecule has 0 aromatic rings. The van der Waals surface area contributed by atoms with Crippen LogP contribution >= 0.6 is 0 Å². The predicted molar refractivity (Wildman–Crippen MR) is 109 cm³/mol. The Morgan fingerprint density at radius 3 is 1.71 bits per heavy atom. The van der Waals surface area contributed by atoms with Gasteiger partial charge in [0.15, 0.2) is 0 Å². The summed E-state index contributed by atoms with van der Waals surface area (Å²) in [5.41, 5.74) is 0. The lowest BCUT2D eigenvalue weighted by atomic mass is 9.73. The third-order valence-electron chi connectivity index (χ3n) is 7.21. The zero-order chi connectivity index (χ0) is 18.9. The zero-order valence-corrected chi connectivity index (χ0v) is 18.3. The van der Waals surface area contributed by atoms with Crippen molar-refractivity contribution in [2.45, 2.75) is 107 Å². The van der Waals surface area contributed by atoms with Gasteiger partial charge in [-0.2, -0.15) is 0 Å². The SMILES string of the molecule is CCC(O)CC(C)C(C)C(C)CCCC(C(C)CC)C(C)C(C)C. The Morgan fingerprint density at radius 1 is 0.667 bits per heavy atom. The Bertz CT molecular complexity index is 298. The molecule has 0 fully saturated rings. The van der Waals surface area contributed by atoms with Crippen LogP contribution in [-0.4, -0.2) is 11.2 Å². The molecule has 7 unspecified atom stereocenters. The fraction of sp³-hybridized carbons (Fsp3) is 1.00. The van der Waals surface area contributed by atoms with Crippen LogP contribution in [0.25, 0.3) is 0 Å². The highest BCUT2D eigenvalue weighted by Crippen LogP contribution is 2.35. The van der Waals surface area contributed by atoms with Crippen LogP contribution in [0.15, 0.2) is 0 Å². The van der Waals surface area contributed by atoms with Crippen LogP contribution in [0.4, 0.5) is 0 Å². The maximum absolute atomic E-state index is 9.91. The van der Waals surface area contributed by atoms with E-state index in [1.165, 1.54) is 25.7 Å².